The first-order chi connectivity index (χ1) is 12.5. The van der Waals surface area contributed by atoms with Crippen molar-refractivity contribution >= 4 is 11.6 Å². The number of aliphatic hydroxyl groups is 1. The van der Waals surface area contributed by atoms with Gasteiger partial charge in [0.05, 0.1) is 30.0 Å². The number of hydrogen-bond donors (Lipinski definition) is 1. The van der Waals surface area contributed by atoms with Crippen molar-refractivity contribution in [2.45, 2.75) is 31.9 Å². The van der Waals surface area contributed by atoms with Crippen LogP contribution in [0.2, 0.25) is 0 Å². The van der Waals surface area contributed by atoms with Gasteiger partial charge in [-0.1, -0.05) is 18.2 Å². The number of likely N-dealkylation sites (tertiary alicyclic amines) is 1. The Bertz CT molecular complexity index is 951. The SMILES string of the molecule is Cc1nc2ccccn2c1CC(=O)N1CC(O)CC1c1ccc(F)cc1. The highest BCUT2D eigenvalue weighted by Gasteiger charge is 2.35. The highest BCUT2D eigenvalue weighted by molar-refractivity contribution is 5.80. The highest BCUT2D eigenvalue weighted by atomic mass is 19.1. The van der Waals surface area contributed by atoms with Crippen LogP contribution in [0.4, 0.5) is 4.39 Å². The van der Waals surface area contributed by atoms with Crippen LogP contribution in [0, 0.1) is 12.7 Å². The van der Waals surface area contributed by atoms with Gasteiger partial charge in [0.2, 0.25) is 5.91 Å². The Kier molecular flexibility index (Phi) is 4.20. The Hall–Kier alpha value is -2.73. The van der Waals surface area contributed by atoms with Gasteiger partial charge >= 0.3 is 0 Å². The molecule has 134 valence electrons. The second-order valence-electron chi connectivity index (χ2n) is 6.75. The normalized spacial score (nSPS) is 20.0. The number of halogens is 1. The lowest BCUT2D eigenvalue weighted by molar-refractivity contribution is -0.131. The third kappa shape index (κ3) is 2.97. The van der Waals surface area contributed by atoms with E-state index in [0.29, 0.717) is 6.42 Å². The van der Waals surface area contributed by atoms with Crippen molar-refractivity contribution in [3.63, 3.8) is 0 Å². The monoisotopic (exact) mass is 353 g/mol. The lowest BCUT2D eigenvalue weighted by Crippen LogP contribution is -2.33. The average molecular weight is 353 g/mol. The van der Waals surface area contributed by atoms with Crippen LogP contribution in [0.1, 0.15) is 29.4 Å². The average Bonchev–Trinajstić information content (AvgIpc) is 3.16. The first-order valence-corrected chi connectivity index (χ1v) is 8.68. The maximum absolute atomic E-state index is 13.2. The largest absolute Gasteiger partial charge is 0.391 e. The van der Waals surface area contributed by atoms with Crippen LogP contribution in [-0.4, -0.2) is 37.9 Å². The Morgan fingerprint density at radius 1 is 1.27 bits per heavy atom. The van der Waals surface area contributed by atoms with E-state index in [-0.39, 0.29) is 30.7 Å². The standard InChI is InChI=1S/C20H20FN3O2/c1-13-17(23-9-3-2-4-19(23)22-13)11-20(26)24-12-16(25)10-18(24)14-5-7-15(21)8-6-14/h2-9,16,18,25H,10-12H2,1H3. The second-order valence-corrected chi connectivity index (χ2v) is 6.75. The summed E-state index contributed by atoms with van der Waals surface area (Å²) in [6, 6.07) is 11.6. The fourth-order valence-corrected chi connectivity index (χ4v) is 3.71. The first-order valence-electron chi connectivity index (χ1n) is 8.68. The van der Waals surface area contributed by atoms with Crippen molar-refractivity contribution in [1.82, 2.24) is 14.3 Å². The summed E-state index contributed by atoms with van der Waals surface area (Å²) in [5, 5.41) is 10.1. The molecule has 1 aliphatic rings. The van der Waals surface area contributed by atoms with Gasteiger partial charge in [0.25, 0.3) is 0 Å². The molecule has 0 radical (unpaired) electrons. The van der Waals surface area contributed by atoms with Crippen molar-refractivity contribution < 1.29 is 14.3 Å². The van der Waals surface area contributed by atoms with Crippen LogP contribution < -0.4 is 0 Å². The van der Waals surface area contributed by atoms with E-state index < -0.39 is 6.10 Å². The van der Waals surface area contributed by atoms with Gasteiger partial charge in [0, 0.05) is 12.7 Å². The number of amides is 1. The predicted octanol–water partition coefficient (Wildman–Crippen LogP) is 2.66. The van der Waals surface area contributed by atoms with E-state index >= 15 is 0 Å². The van der Waals surface area contributed by atoms with Crippen LogP contribution in [-0.2, 0) is 11.2 Å². The minimum Gasteiger partial charge on any atom is -0.391 e. The van der Waals surface area contributed by atoms with Crippen LogP contribution in [0.25, 0.3) is 5.65 Å². The van der Waals surface area contributed by atoms with E-state index in [9.17, 15) is 14.3 Å². The van der Waals surface area contributed by atoms with Crippen LogP contribution >= 0.6 is 0 Å². The van der Waals surface area contributed by atoms with Gasteiger partial charge in [-0.2, -0.15) is 0 Å². The van der Waals surface area contributed by atoms with Crippen LogP contribution in [0.3, 0.4) is 0 Å². The van der Waals surface area contributed by atoms with Gasteiger partial charge < -0.3 is 14.4 Å². The van der Waals surface area contributed by atoms with Gasteiger partial charge in [-0.05, 0) is 43.2 Å². The molecule has 1 aliphatic heterocycles. The topological polar surface area (TPSA) is 57.8 Å². The van der Waals surface area contributed by atoms with Crippen molar-refractivity contribution in [2.24, 2.45) is 0 Å². The predicted molar refractivity (Wildman–Crippen MR) is 95.1 cm³/mol. The molecule has 2 unspecified atom stereocenters. The third-order valence-corrected chi connectivity index (χ3v) is 5.00. The molecule has 2 aromatic heterocycles. The number of β-amino-alcohol motifs (C(OH)–C–C–N with tert-alkyl or cyclic N) is 1. The molecule has 3 heterocycles. The molecule has 3 aromatic rings. The maximum atomic E-state index is 13.2. The molecular formula is C20H20FN3O2. The van der Waals surface area contributed by atoms with Crippen molar-refractivity contribution in [1.29, 1.82) is 0 Å². The zero-order chi connectivity index (χ0) is 18.3. The molecule has 4 rings (SSSR count). The fraction of sp³-hybridized carbons (Fsp3) is 0.300. The molecule has 0 bridgehead atoms. The van der Waals surface area contributed by atoms with E-state index in [4.69, 9.17) is 0 Å². The Morgan fingerprint density at radius 3 is 2.81 bits per heavy atom. The van der Waals surface area contributed by atoms with Crippen molar-refractivity contribution in [2.75, 3.05) is 6.54 Å². The smallest absolute Gasteiger partial charge is 0.229 e. The minimum atomic E-state index is -0.572. The molecule has 2 atom stereocenters. The number of carbonyl (C=O) groups is 1. The van der Waals surface area contributed by atoms with Crippen molar-refractivity contribution in [3.05, 3.63) is 71.4 Å². The lowest BCUT2D eigenvalue weighted by Gasteiger charge is -2.25. The lowest BCUT2D eigenvalue weighted by atomic mass is 10.0. The molecule has 1 aromatic carbocycles. The number of pyridine rings is 1. The number of imidazole rings is 1. The molecule has 6 heteroatoms. The molecule has 0 aliphatic carbocycles. The van der Waals surface area contributed by atoms with E-state index in [1.165, 1.54) is 12.1 Å². The van der Waals surface area contributed by atoms with Gasteiger partial charge in [-0.15, -0.1) is 0 Å². The number of carbonyl (C=O) groups excluding carboxylic acids is 1. The fourth-order valence-electron chi connectivity index (χ4n) is 3.71. The zero-order valence-corrected chi connectivity index (χ0v) is 14.5. The zero-order valence-electron chi connectivity index (χ0n) is 14.5. The van der Waals surface area contributed by atoms with E-state index in [1.54, 1.807) is 17.0 Å². The Balaban J connectivity index is 1.61. The molecule has 26 heavy (non-hydrogen) atoms. The summed E-state index contributed by atoms with van der Waals surface area (Å²) in [7, 11) is 0. The van der Waals surface area contributed by atoms with Gasteiger partial charge in [-0.3, -0.25) is 4.79 Å². The molecule has 5 nitrogen and oxygen atoms in total. The number of aryl methyl sites for hydroxylation is 1. The summed E-state index contributed by atoms with van der Waals surface area (Å²) >= 11 is 0. The molecule has 0 saturated carbocycles. The summed E-state index contributed by atoms with van der Waals surface area (Å²) in [6.07, 6.45) is 2.00. The molecular weight excluding hydrogens is 333 g/mol. The molecule has 1 N–H and O–H groups in total. The number of benzene rings is 1. The van der Waals surface area contributed by atoms with Crippen molar-refractivity contribution in [3.8, 4) is 0 Å². The first kappa shape index (κ1) is 16.7. The number of aliphatic hydroxyl groups excluding tert-OH is 1. The number of fused-ring (bicyclic) bond motifs is 1. The van der Waals surface area contributed by atoms with E-state index in [0.717, 1.165) is 22.6 Å². The summed E-state index contributed by atoms with van der Waals surface area (Å²) < 4.78 is 15.1. The van der Waals surface area contributed by atoms with Crippen LogP contribution in [0.15, 0.2) is 48.7 Å². The molecule has 0 spiro atoms. The third-order valence-electron chi connectivity index (χ3n) is 5.00. The van der Waals surface area contributed by atoms with E-state index in [2.05, 4.69) is 4.98 Å². The van der Waals surface area contributed by atoms with Crippen LogP contribution in [0.5, 0.6) is 0 Å². The number of nitrogens with zero attached hydrogens (tertiary/aromatic N) is 3. The summed E-state index contributed by atoms with van der Waals surface area (Å²) in [6.45, 7) is 2.18. The number of hydrogen-bond acceptors (Lipinski definition) is 3. The number of aromatic nitrogens is 2. The number of rotatable bonds is 3. The summed E-state index contributed by atoms with van der Waals surface area (Å²) in [4.78, 5) is 19.2. The van der Waals surface area contributed by atoms with Gasteiger partial charge in [0.1, 0.15) is 11.5 Å². The minimum absolute atomic E-state index is 0.0652. The second kappa shape index (κ2) is 6.53. The quantitative estimate of drug-likeness (QED) is 0.788. The summed E-state index contributed by atoms with van der Waals surface area (Å²) in [5.41, 5.74) is 3.32. The Morgan fingerprint density at radius 2 is 2.04 bits per heavy atom. The Labute approximate surface area is 150 Å². The van der Waals surface area contributed by atoms with Gasteiger partial charge in [0.15, 0.2) is 0 Å². The summed E-state index contributed by atoms with van der Waals surface area (Å²) in [5.74, 6) is -0.379. The molecule has 1 amide bonds. The molecule has 1 fully saturated rings. The molecule has 1 saturated heterocycles. The maximum Gasteiger partial charge on any atom is 0.229 e. The highest BCUT2D eigenvalue weighted by Crippen LogP contribution is 2.33. The van der Waals surface area contributed by atoms with E-state index in [1.807, 2.05) is 35.7 Å². The van der Waals surface area contributed by atoms with Gasteiger partial charge in [-0.25, -0.2) is 9.37 Å².